The number of nitro benzene ring substituents is 1. The van der Waals surface area contributed by atoms with Gasteiger partial charge in [0.15, 0.2) is 5.78 Å². The third kappa shape index (κ3) is 4.17. The van der Waals surface area contributed by atoms with E-state index in [1.54, 1.807) is 30.3 Å². The maximum Gasteiger partial charge on any atom is 0.292 e. The molecule has 0 aliphatic heterocycles. The molecule has 0 atom stereocenters. The molecule has 0 aromatic heterocycles. The number of hydrogen-bond donors (Lipinski definition) is 1. The van der Waals surface area contributed by atoms with E-state index >= 15 is 0 Å². The lowest BCUT2D eigenvalue weighted by atomic mass is 9.95. The second kappa shape index (κ2) is 7.66. The second-order valence-corrected chi connectivity index (χ2v) is 6.74. The van der Waals surface area contributed by atoms with Crippen LogP contribution in [-0.2, 0) is 0 Å². The molecule has 0 heterocycles. The van der Waals surface area contributed by atoms with Gasteiger partial charge in [0.05, 0.1) is 4.92 Å². The van der Waals surface area contributed by atoms with Gasteiger partial charge in [0.25, 0.3) is 5.69 Å². The number of hydrogen-bond acceptors (Lipinski definition) is 4. The first-order valence-corrected chi connectivity index (χ1v) is 8.77. The lowest BCUT2D eigenvalue weighted by Crippen LogP contribution is -2.23. The van der Waals surface area contributed by atoms with Crippen LogP contribution in [0.3, 0.4) is 0 Å². The standard InChI is InChI=1S/C19H19ClN2O3/c20-15-9-6-13(7-10-15)19(23)14-8-11-18(22(24)25)17(12-14)21-16-4-2-1-3-5-16/h6-12,16,21H,1-5H2. The molecule has 0 spiro atoms. The summed E-state index contributed by atoms with van der Waals surface area (Å²) in [5.74, 6) is -0.182. The van der Waals surface area contributed by atoms with Crippen molar-refractivity contribution in [3.05, 3.63) is 68.7 Å². The highest BCUT2D eigenvalue weighted by Crippen LogP contribution is 2.30. The Balaban J connectivity index is 1.89. The van der Waals surface area contributed by atoms with Crippen LogP contribution in [0.2, 0.25) is 5.02 Å². The van der Waals surface area contributed by atoms with Crippen LogP contribution >= 0.6 is 11.6 Å². The summed E-state index contributed by atoms with van der Waals surface area (Å²) in [6.45, 7) is 0. The van der Waals surface area contributed by atoms with Gasteiger partial charge in [0.2, 0.25) is 0 Å². The van der Waals surface area contributed by atoms with Gasteiger partial charge in [-0.05, 0) is 49.2 Å². The molecule has 130 valence electrons. The van der Waals surface area contributed by atoms with Gasteiger partial charge in [-0.15, -0.1) is 0 Å². The molecule has 6 heteroatoms. The predicted molar refractivity (Wildman–Crippen MR) is 98.5 cm³/mol. The van der Waals surface area contributed by atoms with Crippen molar-refractivity contribution in [2.45, 2.75) is 38.1 Å². The lowest BCUT2D eigenvalue weighted by molar-refractivity contribution is -0.384. The molecule has 1 fully saturated rings. The Morgan fingerprint density at radius 3 is 2.32 bits per heavy atom. The van der Waals surface area contributed by atoms with Gasteiger partial charge in [0.1, 0.15) is 5.69 Å². The fraction of sp³-hybridized carbons (Fsp3) is 0.316. The van der Waals surface area contributed by atoms with Crippen molar-refractivity contribution in [1.29, 1.82) is 0 Å². The molecule has 1 aliphatic rings. The van der Waals surface area contributed by atoms with E-state index in [0.717, 1.165) is 25.7 Å². The maximum absolute atomic E-state index is 12.6. The van der Waals surface area contributed by atoms with Crippen molar-refractivity contribution in [2.24, 2.45) is 0 Å². The predicted octanol–water partition coefficient (Wildman–Crippen LogP) is 5.22. The molecule has 2 aromatic rings. The first-order valence-electron chi connectivity index (χ1n) is 8.40. The summed E-state index contributed by atoms with van der Waals surface area (Å²) >= 11 is 5.86. The van der Waals surface area contributed by atoms with Gasteiger partial charge >= 0.3 is 0 Å². The zero-order valence-corrected chi connectivity index (χ0v) is 14.5. The molecule has 1 aliphatic carbocycles. The molecule has 25 heavy (non-hydrogen) atoms. The Labute approximate surface area is 151 Å². The number of nitrogens with one attached hydrogen (secondary N) is 1. The Morgan fingerprint density at radius 2 is 1.68 bits per heavy atom. The van der Waals surface area contributed by atoms with Crippen LogP contribution in [0.5, 0.6) is 0 Å². The number of carbonyl (C=O) groups is 1. The molecule has 0 saturated heterocycles. The highest BCUT2D eigenvalue weighted by molar-refractivity contribution is 6.30. The fourth-order valence-corrected chi connectivity index (χ4v) is 3.31. The molecule has 0 radical (unpaired) electrons. The number of anilines is 1. The minimum Gasteiger partial charge on any atom is -0.377 e. The van der Waals surface area contributed by atoms with E-state index in [1.807, 2.05) is 0 Å². The van der Waals surface area contributed by atoms with Crippen LogP contribution in [-0.4, -0.2) is 16.7 Å². The largest absolute Gasteiger partial charge is 0.377 e. The molecular formula is C19H19ClN2O3. The molecule has 1 N–H and O–H groups in total. The first-order chi connectivity index (χ1) is 12.0. The SMILES string of the molecule is O=C(c1ccc(Cl)cc1)c1ccc([N+](=O)[O-])c(NC2CCCCC2)c1. The number of nitrogens with zero attached hydrogens (tertiary/aromatic N) is 1. The number of benzene rings is 2. The van der Waals surface area contributed by atoms with Crippen molar-refractivity contribution >= 4 is 28.8 Å². The van der Waals surface area contributed by atoms with Crippen molar-refractivity contribution in [3.63, 3.8) is 0 Å². The Kier molecular flexibility index (Phi) is 5.34. The summed E-state index contributed by atoms with van der Waals surface area (Å²) in [7, 11) is 0. The zero-order valence-electron chi connectivity index (χ0n) is 13.7. The number of nitro groups is 1. The Hall–Kier alpha value is -2.40. The second-order valence-electron chi connectivity index (χ2n) is 6.30. The third-order valence-corrected chi connectivity index (χ3v) is 4.78. The topological polar surface area (TPSA) is 72.2 Å². The van der Waals surface area contributed by atoms with E-state index in [0.29, 0.717) is 21.8 Å². The van der Waals surface area contributed by atoms with E-state index < -0.39 is 4.92 Å². The first kappa shape index (κ1) is 17.4. The van der Waals surface area contributed by atoms with Crippen LogP contribution in [0.25, 0.3) is 0 Å². The highest BCUT2D eigenvalue weighted by Gasteiger charge is 2.21. The van der Waals surface area contributed by atoms with Crippen LogP contribution in [0, 0.1) is 10.1 Å². The molecule has 3 rings (SSSR count). The number of carbonyl (C=O) groups excluding carboxylic acids is 1. The molecular weight excluding hydrogens is 340 g/mol. The quantitative estimate of drug-likeness (QED) is 0.451. The molecule has 0 amide bonds. The summed E-state index contributed by atoms with van der Waals surface area (Å²) in [6.07, 6.45) is 5.43. The third-order valence-electron chi connectivity index (χ3n) is 4.53. The smallest absolute Gasteiger partial charge is 0.292 e. The molecule has 2 aromatic carbocycles. The van der Waals surface area contributed by atoms with E-state index in [2.05, 4.69) is 5.32 Å². The van der Waals surface area contributed by atoms with Gasteiger partial charge in [-0.2, -0.15) is 0 Å². The van der Waals surface area contributed by atoms with Crippen LogP contribution in [0.15, 0.2) is 42.5 Å². The van der Waals surface area contributed by atoms with Gasteiger partial charge in [-0.25, -0.2) is 0 Å². The number of halogens is 1. The van der Waals surface area contributed by atoms with Crippen LogP contribution < -0.4 is 5.32 Å². The Morgan fingerprint density at radius 1 is 1.04 bits per heavy atom. The number of ketones is 1. The van der Waals surface area contributed by atoms with Crippen molar-refractivity contribution in [2.75, 3.05) is 5.32 Å². The van der Waals surface area contributed by atoms with E-state index in [4.69, 9.17) is 11.6 Å². The summed E-state index contributed by atoms with van der Waals surface area (Å²) in [5.41, 5.74) is 1.34. The van der Waals surface area contributed by atoms with Crippen LogP contribution in [0.4, 0.5) is 11.4 Å². The van der Waals surface area contributed by atoms with E-state index in [9.17, 15) is 14.9 Å². The van der Waals surface area contributed by atoms with Crippen molar-refractivity contribution < 1.29 is 9.72 Å². The van der Waals surface area contributed by atoms with Crippen molar-refractivity contribution in [1.82, 2.24) is 0 Å². The fourth-order valence-electron chi connectivity index (χ4n) is 3.19. The maximum atomic E-state index is 12.6. The summed E-state index contributed by atoms with van der Waals surface area (Å²) in [4.78, 5) is 23.5. The summed E-state index contributed by atoms with van der Waals surface area (Å²) in [5, 5.41) is 15.1. The molecule has 5 nitrogen and oxygen atoms in total. The minimum absolute atomic E-state index is 0.00164. The molecule has 1 saturated carbocycles. The average molecular weight is 359 g/mol. The lowest BCUT2D eigenvalue weighted by Gasteiger charge is -2.23. The van der Waals surface area contributed by atoms with Gasteiger partial charge < -0.3 is 5.32 Å². The zero-order chi connectivity index (χ0) is 17.8. The highest BCUT2D eigenvalue weighted by atomic mass is 35.5. The van der Waals surface area contributed by atoms with Crippen molar-refractivity contribution in [3.8, 4) is 0 Å². The summed E-state index contributed by atoms with van der Waals surface area (Å²) in [6, 6.07) is 11.3. The minimum atomic E-state index is -0.415. The van der Waals surface area contributed by atoms with Gasteiger partial charge in [-0.1, -0.05) is 30.9 Å². The summed E-state index contributed by atoms with van der Waals surface area (Å²) < 4.78 is 0. The van der Waals surface area contributed by atoms with E-state index in [-0.39, 0.29) is 17.5 Å². The van der Waals surface area contributed by atoms with Gasteiger partial charge in [0, 0.05) is 28.3 Å². The number of rotatable bonds is 5. The average Bonchev–Trinajstić information content (AvgIpc) is 2.62. The van der Waals surface area contributed by atoms with Gasteiger partial charge in [-0.3, -0.25) is 14.9 Å². The Bertz CT molecular complexity index is 784. The molecule has 0 bridgehead atoms. The monoisotopic (exact) mass is 358 g/mol. The normalized spacial score (nSPS) is 14.9. The molecule has 0 unspecified atom stereocenters. The van der Waals surface area contributed by atoms with E-state index in [1.165, 1.54) is 18.6 Å². The van der Waals surface area contributed by atoms with Crippen LogP contribution in [0.1, 0.15) is 48.0 Å².